The topological polar surface area (TPSA) is 133 Å². The number of carboxylic acids is 1. The van der Waals surface area contributed by atoms with Crippen LogP contribution in [0.5, 0.6) is 11.5 Å². The highest BCUT2D eigenvalue weighted by molar-refractivity contribution is 6.32. The smallest absolute Gasteiger partial charge is 0.335 e. The third-order valence-corrected chi connectivity index (χ3v) is 4.06. The molecule has 9 nitrogen and oxygen atoms in total. The molecule has 0 amide bonds. The monoisotopic (exact) mass is 357 g/mol. The highest BCUT2D eigenvalue weighted by Crippen LogP contribution is 2.41. The molecule has 1 aliphatic carbocycles. The first-order chi connectivity index (χ1) is 12.3. The van der Waals surface area contributed by atoms with Crippen molar-refractivity contribution < 1.29 is 33.9 Å². The molecule has 26 heavy (non-hydrogen) atoms. The molecule has 0 aliphatic heterocycles. The maximum atomic E-state index is 13.0. The highest BCUT2D eigenvalue weighted by atomic mass is 16.6. The van der Waals surface area contributed by atoms with E-state index >= 15 is 0 Å². The molecule has 0 saturated carbocycles. The van der Waals surface area contributed by atoms with E-state index < -0.39 is 33.7 Å². The summed E-state index contributed by atoms with van der Waals surface area (Å²) >= 11 is 0. The maximum Gasteiger partial charge on any atom is 0.335 e. The van der Waals surface area contributed by atoms with Gasteiger partial charge < -0.3 is 14.6 Å². The number of nitro groups is 1. The molecular weight excluding hydrogens is 346 g/mol. The van der Waals surface area contributed by atoms with E-state index in [0.29, 0.717) is 0 Å². The predicted molar refractivity (Wildman–Crippen MR) is 86.5 cm³/mol. The van der Waals surface area contributed by atoms with Crippen LogP contribution < -0.4 is 9.47 Å². The number of carboxylic acid groups (broad SMARTS) is 1. The lowest BCUT2D eigenvalue weighted by molar-refractivity contribution is -0.385. The van der Waals surface area contributed by atoms with Crippen molar-refractivity contribution in [3.8, 4) is 11.5 Å². The second-order valence-corrected chi connectivity index (χ2v) is 5.36. The number of fused-ring (bicyclic) bond motifs is 2. The fourth-order valence-electron chi connectivity index (χ4n) is 2.92. The van der Waals surface area contributed by atoms with Crippen molar-refractivity contribution >= 4 is 23.2 Å². The normalized spacial score (nSPS) is 12.2. The van der Waals surface area contributed by atoms with Crippen molar-refractivity contribution in [2.24, 2.45) is 0 Å². The van der Waals surface area contributed by atoms with E-state index in [9.17, 15) is 29.6 Å². The lowest BCUT2D eigenvalue weighted by atomic mass is 9.81. The van der Waals surface area contributed by atoms with Gasteiger partial charge in [0.15, 0.2) is 0 Å². The maximum absolute atomic E-state index is 13.0. The Labute approximate surface area is 145 Å². The number of nitro benzene ring substituents is 1. The second kappa shape index (κ2) is 5.96. The molecule has 0 fully saturated rings. The van der Waals surface area contributed by atoms with Gasteiger partial charge in [-0.1, -0.05) is 0 Å². The Morgan fingerprint density at radius 3 is 2.19 bits per heavy atom. The summed E-state index contributed by atoms with van der Waals surface area (Å²) in [5, 5.41) is 20.5. The van der Waals surface area contributed by atoms with E-state index in [0.717, 1.165) is 18.2 Å². The van der Waals surface area contributed by atoms with Crippen LogP contribution in [0.1, 0.15) is 42.2 Å². The lowest BCUT2D eigenvalue weighted by Gasteiger charge is -2.21. The van der Waals surface area contributed by atoms with E-state index in [1.165, 1.54) is 20.3 Å². The first kappa shape index (κ1) is 17.1. The van der Waals surface area contributed by atoms with Gasteiger partial charge in [0.2, 0.25) is 11.6 Å². The van der Waals surface area contributed by atoms with E-state index in [-0.39, 0.29) is 33.8 Å². The SMILES string of the molecule is COc1cc(C(=O)O)cc2c1C(=O)c1c(OC)ccc([N+](=O)[O-])c1C2=O. The number of benzene rings is 2. The van der Waals surface area contributed by atoms with Gasteiger partial charge in [0.25, 0.3) is 5.69 Å². The van der Waals surface area contributed by atoms with Crippen molar-refractivity contribution in [2.45, 2.75) is 0 Å². The second-order valence-electron chi connectivity index (χ2n) is 5.36. The molecule has 3 rings (SSSR count). The molecule has 1 aliphatic rings. The number of ether oxygens (including phenoxy) is 2. The van der Waals surface area contributed by atoms with Gasteiger partial charge in [0.05, 0.1) is 35.8 Å². The fourth-order valence-corrected chi connectivity index (χ4v) is 2.92. The van der Waals surface area contributed by atoms with E-state index in [2.05, 4.69) is 0 Å². The van der Waals surface area contributed by atoms with Crippen LogP contribution in [-0.4, -0.2) is 41.8 Å². The van der Waals surface area contributed by atoms with Gasteiger partial charge in [-0.2, -0.15) is 0 Å². The summed E-state index contributed by atoms with van der Waals surface area (Å²) in [6.07, 6.45) is 0. The number of hydrogen-bond acceptors (Lipinski definition) is 7. The van der Waals surface area contributed by atoms with Crippen molar-refractivity contribution in [3.05, 3.63) is 62.2 Å². The molecular formula is C17H11NO8. The van der Waals surface area contributed by atoms with Crippen LogP contribution in [0.25, 0.3) is 0 Å². The fraction of sp³-hybridized carbons (Fsp3) is 0.118. The Bertz CT molecular complexity index is 1010. The van der Waals surface area contributed by atoms with Crippen LogP contribution in [0, 0.1) is 10.1 Å². The van der Waals surface area contributed by atoms with Gasteiger partial charge in [-0.15, -0.1) is 0 Å². The van der Waals surface area contributed by atoms with Crippen molar-refractivity contribution in [1.29, 1.82) is 0 Å². The van der Waals surface area contributed by atoms with Crippen LogP contribution in [0.4, 0.5) is 5.69 Å². The molecule has 0 atom stereocenters. The number of rotatable bonds is 4. The summed E-state index contributed by atoms with van der Waals surface area (Å²) in [5.74, 6) is -3.01. The number of carbonyl (C=O) groups is 3. The van der Waals surface area contributed by atoms with Gasteiger partial charge >= 0.3 is 5.97 Å². The third-order valence-electron chi connectivity index (χ3n) is 4.06. The van der Waals surface area contributed by atoms with Gasteiger partial charge in [0, 0.05) is 11.6 Å². The molecule has 0 saturated heterocycles. The molecule has 0 spiro atoms. The predicted octanol–water partition coefficient (Wildman–Crippen LogP) is 2.09. The number of ketones is 2. The van der Waals surface area contributed by atoms with Gasteiger partial charge in [-0.05, 0) is 18.2 Å². The Morgan fingerprint density at radius 2 is 1.65 bits per heavy atom. The van der Waals surface area contributed by atoms with Crippen LogP contribution in [-0.2, 0) is 0 Å². The first-order valence-corrected chi connectivity index (χ1v) is 7.21. The minimum absolute atomic E-state index is 0.000959. The standard InChI is InChI=1S/C17H11NO8/c1-25-10-4-3-9(18(23)24)13-14(10)16(20)12-8(15(13)19)5-7(17(21)22)6-11(12)26-2/h3-6H,1-2H3,(H,21,22). The molecule has 132 valence electrons. The number of hydrogen-bond donors (Lipinski definition) is 1. The summed E-state index contributed by atoms with van der Waals surface area (Å²) in [5.41, 5.74) is -1.96. The Hall–Kier alpha value is -3.75. The Morgan fingerprint density at radius 1 is 1.00 bits per heavy atom. The summed E-state index contributed by atoms with van der Waals surface area (Å²) in [6, 6.07) is 4.41. The van der Waals surface area contributed by atoms with Crippen LogP contribution >= 0.6 is 0 Å². The molecule has 0 unspecified atom stereocenters. The minimum Gasteiger partial charge on any atom is -0.496 e. The van der Waals surface area contributed by atoms with E-state index in [1.54, 1.807) is 0 Å². The van der Waals surface area contributed by atoms with Crippen LogP contribution in [0.2, 0.25) is 0 Å². The molecule has 9 heteroatoms. The van der Waals surface area contributed by atoms with Crippen molar-refractivity contribution in [1.82, 2.24) is 0 Å². The molecule has 0 bridgehead atoms. The molecule has 2 aromatic rings. The third kappa shape index (κ3) is 2.29. The first-order valence-electron chi connectivity index (χ1n) is 7.21. The summed E-state index contributed by atoms with van der Waals surface area (Å²) in [6.45, 7) is 0. The van der Waals surface area contributed by atoms with Crippen LogP contribution in [0.15, 0.2) is 24.3 Å². The summed E-state index contributed by atoms with van der Waals surface area (Å²) < 4.78 is 10.2. The number of carbonyl (C=O) groups excluding carboxylic acids is 2. The number of nitrogens with zero attached hydrogens (tertiary/aromatic N) is 1. The van der Waals surface area contributed by atoms with Crippen LogP contribution in [0.3, 0.4) is 0 Å². The molecule has 0 radical (unpaired) electrons. The minimum atomic E-state index is -1.34. The summed E-state index contributed by atoms with van der Waals surface area (Å²) in [4.78, 5) is 47.7. The van der Waals surface area contributed by atoms with Gasteiger partial charge in [-0.3, -0.25) is 19.7 Å². The zero-order chi connectivity index (χ0) is 19.2. The average molecular weight is 357 g/mol. The summed E-state index contributed by atoms with van der Waals surface area (Å²) in [7, 11) is 2.48. The molecule has 2 aromatic carbocycles. The van der Waals surface area contributed by atoms with Crippen molar-refractivity contribution in [3.63, 3.8) is 0 Å². The quantitative estimate of drug-likeness (QED) is 0.554. The zero-order valence-electron chi connectivity index (χ0n) is 13.6. The van der Waals surface area contributed by atoms with Crippen molar-refractivity contribution in [2.75, 3.05) is 14.2 Å². The highest BCUT2D eigenvalue weighted by Gasteiger charge is 2.40. The van der Waals surface area contributed by atoms with Gasteiger partial charge in [0.1, 0.15) is 17.1 Å². The van der Waals surface area contributed by atoms with E-state index in [4.69, 9.17) is 9.47 Å². The molecule has 0 aromatic heterocycles. The van der Waals surface area contributed by atoms with E-state index in [1.807, 2.05) is 0 Å². The zero-order valence-corrected chi connectivity index (χ0v) is 13.6. The van der Waals surface area contributed by atoms with Gasteiger partial charge in [-0.25, -0.2) is 4.79 Å². The number of aromatic carboxylic acids is 1. The largest absolute Gasteiger partial charge is 0.496 e. The lowest BCUT2D eigenvalue weighted by Crippen LogP contribution is -2.24. The number of methoxy groups -OCH3 is 2. The molecule has 0 heterocycles. The molecule has 1 N–H and O–H groups in total. The average Bonchev–Trinajstić information content (AvgIpc) is 2.63. The Kier molecular flexibility index (Phi) is 3.91. The Balaban J connectivity index is 2.42.